The highest BCUT2D eigenvalue weighted by Crippen LogP contribution is 2.37. The van der Waals surface area contributed by atoms with E-state index >= 15 is 0 Å². The van der Waals surface area contributed by atoms with E-state index < -0.39 is 0 Å². The SMILES string of the molecule is Cc1ccnc(-c2cccc3c2oc2ccccc23)c1Br. The summed E-state index contributed by atoms with van der Waals surface area (Å²) in [6.07, 6.45) is 1.83. The molecule has 0 aliphatic carbocycles. The molecule has 2 heterocycles. The van der Waals surface area contributed by atoms with Gasteiger partial charge in [-0.25, -0.2) is 0 Å². The third-order valence-electron chi connectivity index (χ3n) is 3.74. The van der Waals surface area contributed by atoms with Crippen LogP contribution in [0.2, 0.25) is 0 Å². The molecule has 0 atom stereocenters. The molecule has 2 aromatic carbocycles. The molecule has 2 aromatic heterocycles. The first-order valence-corrected chi connectivity index (χ1v) is 7.57. The summed E-state index contributed by atoms with van der Waals surface area (Å²) in [5, 5.41) is 2.26. The number of fused-ring (bicyclic) bond motifs is 3. The monoisotopic (exact) mass is 337 g/mol. The molecule has 0 spiro atoms. The van der Waals surface area contributed by atoms with Crippen molar-refractivity contribution in [2.75, 3.05) is 0 Å². The summed E-state index contributed by atoms with van der Waals surface area (Å²) in [4.78, 5) is 4.52. The Bertz CT molecular complexity index is 971. The van der Waals surface area contributed by atoms with Gasteiger partial charge in [0.25, 0.3) is 0 Å². The van der Waals surface area contributed by atoms with Crippen LogP contribution in [0.15, 0.2) is 63.6 Å². The zero-order valence-electron chi connectivity index (χ0n) is 11.4. The van der Waals surface area contributed by atoms with Crippen molar-refractivity contribution in [1.29, 1.82) is 0 Å². The lowest BCUT2D eigenvalue weighted by atomic mass is 10.1. The minimum absolute atomic E-state index is 0.887. The fourth-order valence-electron chi connectivity index (χ4n) is 2.66. The molecule has 0 saturated heterocycles. The first-order chi connectivity index (χ1) is 10.3. The predicted octanol–water partition coefficient (Wildman–Crippen LogP) is 5.72. The fourth-order valence-corrected chi connectivity index (χ4v) is 3.11. The third-order valence-corrected chi connectivity index (χ3v) is 4.74. The zero-order chi connectivity index (χ0) is 14.4. The number of pyridine rings is 1. The highest BCUT2D eigenvalue weighted by atomic mass is 79.9. The number of furan rings is 1. The number of rotatable bonds is 1. The molecule has 21 heavy (non-hydrogen) atoms. The molecule has 0 fully saturated rings. The van der Waals surface area contributed by atoms with E-state index in [1.165, 1.54) is 0 Å². The van der Waals surface area contributed by atoms with Gasteiger partial charge in [0.2, 0.25) is 0 Å². The quantitative estimate of drug-likeness (QED) is 0.444. The Morgan fingerprint density at radius 3 is 2.67 bits per heavy atom. The van der Waals surface area contributed by atoms with Crippen molar-refractivity contribution in [1.82, 2.24) is 4.98 Å². The molecule has 0 radical (unpaired) electrons. The van der Waals surface area contributed by atoms with Crippen molar-refractivity contribution < 1.29 is 4.42 Å². The van der Waals surface area contributed by atoms with Crippen molar-refractivity contribution in [3.8, 4) is 11.3 Å². The highest BCUT2D eigenvalue weighted by molar-refractivity contribution is 9.10. The first kappa shape index (κ1) is 12.6. The number of hydrogen-bond acceptors (Lipinski definition) is 2. The molecule has 3 heteroatoms. The Morgan fingerprint density at radius 2 is 1.76 bits per heavy atom. The minimum atomic E-state index is 0.887. The van der Waals surface area contributed by atoms with Gasteiger partial charge in [-0.05, 0) is 46.6 Å². The first-order valence-electron chi connectivity index (χ1n) is 6.77. The Labute approximate surface area is 130 Å². The topological polar surface area (TPSA) is 26.0 Å². The molecule has 0 amide bonds. The van der Waals surface area contributed by atoms with Gasteiger partial charge in [-0.1, -0.05) is 30.3 Å². The van der Waals surface area contributed by atoms with Crippen LogP contribution in [0.5, 0.6) is 0 Å². The largest absolute Gasteiger partial charge is 0.455 e. The number of para-hydroxylation sites is 2. The second kappa shape index (κ2) is 4.71. The standard InChI is InChI=1S/C18H12BrNO/c1-11-9-10-20-17(16(11)19)14-7-4-6-13-12-5-2-3-8-15(12)21-18(13)14/h2-10H,1H3. The highest BCUT2D eigenvalue weighted by Gasteiger charge is 2.15. The maximum absolute atomic E-state index is 6.07. The van der Waals surface area contributed by atoms with Crippen LogP contribution in [0.25, 0.3) is 33.2 Å². The number of nitrogens with zero attached hydrogens (tertiary/aromatic N) is 1. The van der Waals surface area contributed by atoms with Gasteiger partial charge >= 0.3 is 0 Å². The van der Waals surface area contributed by atoms with Gasteiger partial charge in [-0.3, -0.25) is 4.98 Å². The van der Waals surface area contributed by atoms with Crippen LogP contribution >= 0.6 is 15.9 Å². The Hall–Kier alpha value is -2.13. The number of aromatic nitrogens is 1. The number of hydrogen-bond donors (Lipinski definition) is 0. The molecule has 4 rings (SSSR count). The summed E-state index contributed by atoms with van der Waals surface area (Å²) in [6, 6.07) is 16.3. The van der Waals surface area contributed by atoms with Crippen LogP contribution in [-0.2, 0) is 0 Å². The second-order valence-electron chi connectivity index (χ2n) is 5.07. The van der Waals surface area contributed by atoms with Crippen LogP contribution in [0.4, 0.5) is 0 Å². The summed E-state index contributed by atoms with van der Waals surface area (Å²) in [5.41, 5.74) is 4.88. The molecule has 0 aliphatic rings. The maximum atomic E-state index is 6.07. The van der Waals surface area contributed by atoms with Crippen LogP contribution in [-0.4, -0.2) is 4.98 Å². The molecule has 0 bridgehead atoms. The smallest absolute Gasteiger partial charge is 0.144 e. The molecular weight excluding hydrogens is 326 g/mol. The van der Waals surface area contributed by atoms with Gasteiger partial charge in [0.05, 0.1) is 5.69 Å². The number of benzene rings is 2. The van der Waals surface area contributed by atoms with E-state index in [-0.39, 0.29) is 0 Å². The normalized spacial score (nSPS) is 11.3. The predicted molar refractivity (Wildman–Crippen MR) is 89.4 cm³/mol. The van der Waals surface area contributed by atoms with Gasteiger partial charge in [0.1, 0.15) is 11.2 Å². The fraction of sp³-hybridized carbons (Fsp3) is 0.0556. The maximum Gasteiger partial charge on any atom is 0.144 e. The van der Waals surface area contributed by atoms with Crippen molar-refractivity contribution in [3.05, 3.63) is 64.8 Å². The average molecular weight is 338 g/mol. The van der Waals surface area contributed by atoms with Crippen LogP contribution in [0.1, 0.15) is 5.56 Å². The lowest BCUT2D eigenvalue weighted by Crippen LogP contribution is -1.88. The van der Waals surface area contributed by atoms with E-state index in [9.17, 15) is 0 Å². The van der Waals surface area contributed by atoms with Crippen LogP contribution in [0, 0.1) is 6.92 Å². The van der Waals surface area contributed by atoms with E-state index in [2.05, 4.69) is 52.1 Å². The molecule has 4 aromatic rings. The summed E-state index contributed by atoms with van der Waals surface area (Å²) in [5.74, 6) is 0. The van der Waals surface area contributed by atoms with E-state index in [0.717, 1.165) is 43.2 Å². The Balaban J connectivity index is 2.12. The molecule has 0 unspecified atom stereocenters. The Morgan fingerprint density at radius 1 is 0.952 bits per heavy atom. The summed E-state index contributed by atoms with van der Waals surface area (Å²) in [6.45, 7) is 2.06. The molecule has 0 aliphatic heterocycles. The molecular formula is C18H12BrNO. The lowest BCUT2D eigenvalue weighted by molar-refractivity contribution is 0.670. The zero-order valence-corrected chi connectivity index (χ0v) is 13.0. The summed E-state index contributed by atoms with van der Waals surface area (Å²) in [7, 11) is 0. The van der Waals surface area contributed by atoms with Crippen molar-refractivity contribution >= 4 is 37.9 Å². The molecule has 0 N–H and O–H groups in total. The number of halogens is 1. The van der Waals surface area contributed by atoms with Crippen molar-refractivity contribution in [2.45, 2.75) is 6.92 Å². The summed E-state index contributed by atoms with van der Waals surface area (Å²) < 4.78 is 7.08. The van der Waals surface area contributed by atoms with Crippen LogP contribution in [0.3, 0.4) is 0 Å². The van der Waals surface area contributed by atoms with Crippen molar-refractivity contribution in [2.24, 2.45) is 0 Å². The van der Waals surface area contributed by atoms with Gasteiger partial charge in [-0.2, -0.15) is 0 Å². The minimum Gasteiger partial charge on any atom is -0.455 e. The molecule has 102 valence electrons. The number of aryl methyl sites for hydroxylation is 1. The average Bonchev–Trinajstić information content (AvgIpc) is 2.89. The third kappa shape index (κ3) is 1.88. The van der Waals surface area contributed by atoms with Crippen molar-refractivity contribution in [3.63, 3.8) is 0 Å². The summed E-state index contributed by atoms with van der Waals surface area (Å²) >= 11 is 3.64. The molecule has 0 saturated carbocycles. The van der Waals surface area contributed by atoms with Gasteiger partial charge < -0.3 is 4.42 Å². The van der Waals surface area contributed by atoms with Crippen LogP contribution < -0.4 is 0 Å². The second-order valence-corrected chi connectivity index (χ2v) is 5.86. The van der Waals surface area contributed by atoms with E-state index in [0.29, 0.717) is 0 Å². The Kier molecular flexibility index (Phi) is 2.82. The van der Waals surface area contributed by atoms with E-state index in [1.54, 1.807) is 0 Å². The molecule has 2 nitrogen and oxygen atoms in total. The van der Waals surface area contributed by atoms with Gasteiger partial charge in [0.15, 0.2) is 0 Å². The van der Waals surface area contributed by atoms with E-state index in [4.69, 9.17) is 4.42 Å². The van der Waals surface area contributed by atoms with Gasteiger partial charge in [0, 0.05) is 27.0 Å². The van der Waals surface area contributed by atoms with Gasteiger partial charge in [-0.15, -0.1) is 0 Å². The van der Waals surface area contributed by atoms with E-state index in [1.807, 2.05) is 30.5 Å². The lowest BCUT2D eigenvalue weighted by Gasteiger charge is -2.06.